The van der Waals surface area contributed by atoms with E-state index in [-0.39, 0.29) is 12.3 Å². The molecule has 0 bridgehead atoms. The van der Waals surface area contributed by atoms with Crippen LogP contribution >= 0.6 is 0 Å². The van der Waals surface area contributed by atoms with E-state index in [1.807, 2.05) is 0 Å². The third-order valence-corrected chi connectivity index (χ3v) is 4.51. The fourth-order valence-corrected chi connectivity index (χ4v) is 2.87. The minimum Gasteiger partial charge on any atom is -0.452 e. The van der Waals surface area contributed by atoms with Crippen LogP contribution in [0.25, 0.3) is 5.53 Å². The standard InChI is InChI=1S/C17H18N4O7/c1-8(13-12(9(2)22)16(24)19-13)15(23)14(20-18)17(25)28-7-10-3-5-11(6-4-10)21(26)27/h3-6,8-9,12-13,22H,7H2,1-2H3,(H,19,24)/t8-,9?,12?,13?/m1/s1. The van der Waals surface area contributed by atoms with Crippen molar-refractivity contribution >= 4 is 29.1 Å². The van der Waals surface area contributed by atoms with E-state index in [1.54, 1.807) is 0 Å². The first-order chi connectivity index (χ1) is 13.2. The molecule has 2 N–H and O–H groups in total. The average molecular weight is 390 g/mol. The van der Waals surface area contributed by atoms with Gasteiger partial charge < -0.3 is 20.7 Å². The number of β-lactam (4-membered cyclic amide) rings is 1. The van der Waals surface area contributed by atoms with Gasteiger partial charge in [-0.3, -0.25) is 19.7 Å². The highest BCUT2D eigenvalue weighted by molar-refractivity contribution is 6.62. The molecule has 0 aliphatic carbocycles. The van der Waals surface area contributed by atoms with Crippen LogP contribution in [0.2, 0.25) is 0 Å². The summed E-state index contributed by atoms with van der Waals surface area (Å²) in [6.45, 7) is 2.54. The van der Waals surface area contributed by atoms with Crippen LogP contribution in [-0.2, 0) is 25.7 Å². The van der Waals surface area contributed by atoms with Gasteiger partial charge >= 0.3 is 11.7 Å². The largest absolute Gasteiger partial charge is 0.452 e. The number of esters is 1. The maximum atomic E-state index is 12.5. The second-order valence-electron chi connectivity index (χ2n) is 6.40. The zero-order valence-electron chi connectivity index (χ0n) is 15.1. The van der Waals surface area contributed by atoms with Crippen molar-refractivity contribution in [3.63, 3.8) is 0 Å². The van der Waals surface area contributed by atoms with Gasteiger partial charge in [0, 0.05) is 18.1 Å². The van der Waals surface area contributed by atoms with Gasteiger partial charge in [-0.1, -0.05) is 6.92 Å². The number of hydrogen-bond donors (Lipinski definition) is 2. The third-order valence-electron chi connectivity index (χ3n) is 4.51. The monoisotopic (exact) mass is 390 g/mol. The van der Waals surface area contributed by atoms with E-state index in [1.165, 1.54) is 38.1 Å². The van der Waals surface area contributed by atoms with E-state index in [0.29, 0.717) is 5.56 Å². The van der Waals surface area contributed by atoms with Crippen LogP contribution in [0, 0.1) is 22.0 Å². The SMILES string of the molecule is CC(O)C1C(=O)NC1[C@@H](C)C(=O)C(=[N+]=[N-])C(=O)OCc1ccc([N+](=O)[O-])cc1. The summed E-state index contributed by atoms with van der Waals surface area (Å²) in [5.41, 5.74) is 8.51. The Morgan fingerprint density at radius 3 is 2.43 bits per heavy atom. The number of nitro benzene ring substituents is 1. The van der Waals surface area contributed by atoms with Gasteiger partial charge in [0.25, 0.3) is 11.5 Å². The van der Waals surface area contributed by atoms with E-state index < -0.39 is 52.3 Å². The van der Waals surface area contributed by atoms with Crippen molar-refractivity contribution < 1.29 is 33.9 Å². The maximum absolute atomic E-state index is 12.5. The van der Waals surface area contributed by atoms with E-state index in [0.717, 1.165) is 0 Å². The summed E-state index contributed by atoms with van der Waals surface area (Å²) in [5.74, 6) is -4.20. The molecule has 148 valence electrons. The molecular formula is C17H18N4O7. The van der Waals surface area contributed by atoms with Gasteiger partial charge in [-0.2, -0.15) is 4.79 Å². The van der Waals surface area contributed by atoms with Crippen LogP contribution in [0.3, 0.4) is 0 Å². The summed E-state index contributed by atoms with van der Waals surface area (Å²) in [6, 6.07) is 4.50. The molecule has 4 atom stereocenters. The van der Waals surface area contributed by atoms with Crippen molar-refractivity contribution in [2.24, 2.45) is 11.8 Å². The van der Waals surface area contributed by atoms with Crippen molar-refractivity contribution in [3.8, 4) is 0 Å². The first kappa shape index (κ1) is 20.9. The normalized spacial score (nSPS) is 20.0. The summed E-state index contributed by atoms with van der Waals surface area (Å²) in [5, 5.41) is 22.7. The molecule has 1 amide bonds. The number of carbonyl (C=O) groups is 3. The molecule has 1 saturated heterocycles. The molecule has 28 heavy (non-hydrogen) atoms. The van der Waals surface area contributed by atoms with Gasteiger partial charge in [0.2, 0.25) is 5.91 Å². The Kier molecular flexibility index (Phi) is 6.34. The van der Waals surface area contributed by atoms with Crippen molar-refractivity contribution in [1.82, 2.24) is 5.32 Å². The van der Waals surface area contributed by atoms with Gasteiger partial charge in [0.15, 0.2) is 0 Å². The highest BCUT2D eigenvalue weighted by Gasteiger charge is 2.50. The van der Waals surface area contributed by atoms with E-state index in [4.69, 9.17) is 10.3 Å². The number of ether oxygens (including phenoxy) is 1. The summed E-state index contributed by atoms with van der Waals surface area (Å²) in [4.78, 5) is 48.8. The van der Waals surface area contributed by atoms with Crippen LogP contribution in [0.4, 0.5) is 5.69 Å². The number of non-ortho nitro benzene ring substituents is 1. The Morgan fingerprint density at radius 2 is 1.96 bits per heavy atom. The molecule has 0 radical (unpaired) electrons. The van der Waals surface area contributed by atoms with E-state index in [9.17, 15) is 29.6 Å². The lowest BCUT2D eigenvalue weighted by atomic mass is 9.76. The Balaban J connectivity index is 2.00. The third kappa shape index (κ3) is 4.27. The number of benzene rings is 1. The molecule has 1 aliphatic heterocycles. The number of aliphatic hydroxyl groups excluding tert-OH is 1. The van der Waals surface area contributed by atoms with Crippen LogP contribution in [0.5, 0.6) is 0 Å². The zero-order valence-corrected chi connectivity index (χ0v) is 15.1. The Labute approximate surface area is 159 Å². The quantitative estimate of drug-likeness (QED) is 0.0919. The first-order valence-electron chi connectivity index (χ1n) is 8.32. The molecule has 0 spiro atoms. The van der Waals surface area contributed by atoms with Crippen molar-refractivity contribution in [1.29, 1.82) is 0 Å². The lowest BCUT2D eigenvalue weighted by Gasteiger charge is -2.40. The van der Waals surface area contributed by atoms with Gasteiger partial charge in [-0.25, -0.2) is 4.79 Å². The minimum atomic E-state index is -1.18. The molecule has 0 aromatic heterocycles. The van der Waals surface area contributed by atoms with Crippen LogP contribution in [0.15, 0.2) is 24.3 Å². The number of nitro groups is 1. The summed E-state index contributed by atoms with van der Waals surface area (Å²) in [6.07, 6.45) is -0.988. The molecule has 11 heteroatoms. The van der Waals surface area contributed by atoms with Crippen LogP contribution in [0.1, 0.15) is 19.4 Å². The molecule has 2 rings (SSSR count). The predicted octanol–water partition coefficient (Wildman–Crippen LogP) is 0.00940. The van der Waals surface area contributed by atoms with E-state index >= 15 is 0 Å². The number of nitrogens with zero attached hydrogens (tertiary/aromatic N) is 3. The molecule has 1 aromatic carbocycles. The molecule has 1 aliphatic rings. The Hall–Kier alpha value is -3.43. The summed E-state index contributed by atoms with van der Waals surface area (Å²) < 4.78 is 4.92. The molecule has 1 heterocycles. The summed E-state index contributed by atoms with van der Waals surface area (Å²) >= 11 is 0. The van der Waals surface area contributed by atoms with Crippen LogP contribution < -0.4 is 5.32 Å². The molecule has 0 saturated carbocycles. The number of rotatable bonds is 8. The van der Waals surface area contributed by atoms with Gasteiger partial charge in [0.05, 0.1) is 23.0 Å². The average Bonchev–Trinajstić information content (AvgIpc) is 2.63. The first-order valence-corrected chi connectivity index (χ1v) is 8.32. The fourth-order valence-electron chi connectivity index (χ4n) is 2.87. The Bertz CT molecular complexity index is 859. The van der Waals surface area contributed by atoms with E-state index in [2.05, 4.69) is 10.1 Å². The number of amides is 1. The van der Waals surface area contributed by atoms with Gasteiger partial charge in [-0.05, 0) is 24.6 Å². The number of Topliss-reactive ketones (excluding diaryl/α,β-unsaturated/α-hetero) is 1. The number of aliphatic hydroxyl groups is 1. The van der Waals surface area contributed by atoms with Crippen LogP contribution in [-0.4, -0.2) is 50.3 Å². The van der Waals surface area contributed by atoms with Crippen molar-refractivity contribution in [3.05, 3.63) is 45.5 Å². The molecule has 1 fully saturated rings. The fraction of sp³-hybridized carbons (Fsp3) is 0.412. The topological polar surface area (TPSA) is 172 Å². The molecule has 1 aromatic rings. The Morgan fingerprint density at radius 1 is 1.36 bits per heavy atom. The highest BCUT2D eigenvalue weighted by atomic mass is 16.6. The molecular weight excluding hydrogens is 372 g/mol. The van der Waals surface area contributed by atoms with Crippen molar-refractivity contribution in [2.75, 3.05) is 0 Å². The number of hydrogen-bond acceptors (Lipinski definition) is 7. The van der Waals surface area contributed by atoms with Gasteiger partial charge in [0.1, 0.15) is 6.61 Å². The molecule has 3 unspecified atom stereocenters. The highest BCUT2D eigenvalue weighted by Crippen LogP contribution is 2.26. The predicted molar refractivity (Wildman–Crippen MR) is 92.8 cm³/mol. The smallest absolute Gasteiger partial charge is 0.441 e. The number of nitrogens with one attached hydrogen (secondary N) is 1. The second kappa shape index (κ2) is 8.51. The van der Waals surface area contributed by atoms with Gasteiger partial charge in [-0.15, -0.1) is 0 Å². The second-order valence-corrected chi connectivity index (χ2v) is 6.40. The summed E-state index contributed by atoms with van der Waals surface area (Å²) in [7, 11) is 0. The number of ketones is 1. The number of carbonyl (C=O) groups excluding carboxylic acids is 3. The lowest BCUT2D eigenvalue weighted by molar-refractivity contribution is -0.384. The maximum Gasteiger partial charge on any atom is 0.441 e. The lowest BCUT2D eigenvalue weighted by Crippen LogP contribution is -2.66. The molecule has 11 nitrogen and oxygen atoms in total. The zero-order chi connectivity index (χ0) is 21.0. The minimum absolute atomic E-state index is 0.132. The van der Waals surface area contributed by atoms with Crippen molar-refractivity contribution in [2.45, 2.75) is 32.6 Å².